The minimum atomic E-state index is -0.814. The molecule has 7 nitrogen and oxygen atoms in total. The topological polar surface area (TPSA) is 79.3 Å². The van der Waals surface area contributed by atoms with E-state index >= 15 is 0 Å². The zero-order chi connectivity index (χ0) is 25.2. The number of halogens is 2. The van der Waals surface area contributed by atoms with E-state index in [-0.39, 0.29) is 43.7 Å². The Hall–Kier alpha value is -2.16. The summed E-state index contributed by atoms with van der Waals surface area (Å²) in [5.41, 5.74) is 2.87. The summed E-state index contributed by atoms with van der Waals surface area (Å²) in [5, 5.41) is 11.1. The lowest BCUT2D eigenvalue weighted by molar-refractivity contribution is -0.155. The number of β-amino-alcohol motifs (C(OH)–C–C–N with tert-alkyl or cyclic N) is 1. The van der Waals surface area contributed by atoms with Crippen LogP contribution in [-0.2, 0) is 27.2 Å². The minimum Gasteiger partial charge on any atom is -0.389 e. The number of fused-ring (bicyclic) bond motifs is 2. The van der Waals surface area contributed by atoms with E-state index in [1.165, 1.54) is 11.1 Å². The molecule has 0 spiro atoms. The molecule has 36 heavy (non-hydrogen) atoms. The summed E-state index contributed by atoms with van der Waals surface area (Å²) in [7, 11) is 0. The summed E-state index contributed by atoms with van der Waals surface area (Å²) in [6.07, 6.45) is 0.969. The molecule has 0 aliphatic carbocycles. The van der Waals surface area contributed by atoms with Gasteiger partial charge in [0.05, 0.1) is 37.9 Å². The molecule has 9 heteroatoms. The van der Waals surface area contributed by atoms with E-state index in [0.29, 0.717) is 48.0 Å². The Balaban J connectivity index is 1.27. The van der Waals surface area contributed by atoms with E-state index in [1.807, 2.05) is 17.0 Å². The van der Waals surface area contributed by atoms with Crippen molar-refractivity contribution < 1.29 is 24.2 Å². The normalized spacial score (nSPS) is 26.4. The Bertz CT molecular complexity index is 1110. The van der Waals surface area contributed by atoms with Crippen molar-refractivity contribution in [1.29, 1.82) is 0 Å². The maximum absolute atomic E-state index is 13.5. The van der Waals surface area contributed by atoms with Crippen LogP contribution in [0.5, 0.6) is 0 Å². The lowest BCUT2D eigenvalue weighted by atomic mass is 9.93. The van der Waals surface area contributed by atoms with Gasteiger partial charge >= 0.3 is 0 Å². The first-order chi connectivity index (χ1) is 17.4. The number of rotatable bonds is 3. The molecule has 0 unspecified atom stereocenters. The van der Waals surface area contributed by atoms with Crippen molar-refractivity contribution in [3.05, 3.63) is 69.2 Å². The molecule has 4 atom stereocenters. The maximum Gasteiger partial charge on any atom is 0.254 e. The van der Waals surface area contributed by atoms with Gasteiger partial charge in [-0.25, -0.2) is 0 Å². The van der Waals surface area contributed by atoms with E-state index in [0.717, 1.165) is 6.42 Å². The van der Waals surface area contributed by atoms with Crippen molar-refractivity contribution >= 4 is 35.0 Å². The summed E-state index contributed by atoms with van der Waals surface area (Å²) in [5.74, 6) is -0.183. The SMILES string of the molecule is O=C(C[C@@H]1CC[C@H]2[C@@H](COC[C@@H](O)CN2C(=O)c2cc(Cl)cc(Cl)c2)O1)N1CCc2ccccc2C1. The highest BCUT2D eigenvalue weighted by molar-refractivity contribution is 6.35. The van der Waals surface area contributed by atoms with Gasteiger partial charge in [0, 0.05) is 35.2 Å². The number of carbonyl (C=O) groups excluding carboxylic acids is 2. The Morgan fingerprint density at radius 3 is 2.56 bits per heavy atom. The number of benzene rings is 2. The van der Waals surface area contributed by atoms with Crippen LogP contribution in [0.25, 0.3) is 0 Å². The number of aliphatic hydroxyl groups is 1. The number of amides is 2. The Kier molecular flexibility index (Phi) is 7.84. The predicted octanol–water partition coefficient (Wildman–Crippen LogP) is 3.72. The van der Waals surface area contributed by atoms with Crippen molar-refractivity contribution in [3.63, 3.8) is 0 Å². The quantitative estimate of drug-likeness (QED) is 0.651. The van der Waals surface area contributed by atoms with Crippen LogP contribution in [0.4, 0.5) is 0 Å². The van der Waals surface area contributed by atoms with Gasteiger partial charge in [0.2, 0.25) is 5.91 Å². The molecule has 2 amide bonds. The lowest BCUT2D eigenvalue weighted by Crippen LogP contribution is -2.57. The number of hydrogen-bond acceptors (Lipinski definition) is 5. The van der Waals surface area contributed by atoms with Gasteiger partial charge in [-0.1, -0.05) is 47.5 Å². The van der Waals surface area contributed by atoms with Crippen molar-refractivity contribution in [1.82, 2.24) is 9.80 Å². The van der Waals surface area contributed by atoms with Gasteiger partial charge in [-0.2, -0.15) is 0 Å². The number of aliphatic hydroxyl groups excluding tert-OH is 1. The number of carbonyl (C=O) groups is 2. The summed E-state index contributed by atoms with van der Waals surface area (Å²) >= 11 is 12.3. The molecular formula is C27H30Cl2N2O5. The summed E-state index contributed by atoms with van der Waals surface area (Å²) in [6.45, 7) is 1.79. The zero-order valence-corrected chi connectivity index (χ0v) is 21.5. The van der Waals surface area contributed by atoms with Gasteiger partial charge in [0.1, 0.15) is 6.10 Å². The molecule has 3 heterocycles. The highest BCUT2D eigenvalue weighted by Gasteiger charge is 2.40. The second-order valence-electron chi connectivity index (χ2n) is 9.79. The molecule has 2 aromatic rings. The third-order valence-electron chi connectivity index (χ3n) is 7.24. The third kappa shape index (κ3) is 5.71. The Labute approximate surface area is 220 Å². The van der Waals surface area contributed by atoms with E-state index in [9.17, 15) is 14.7 Å². The number of hydrogen-bond donors (Lipinski definition) is 1. The Morgan fingerprint density at radius 2 is 1.78 bits per heavy atom. The highest BCUT2D eigenvalue weighted by atomic mass is 35.5. The molecule has 2 aromatic carbocycles. The van der Waals surface area contributed by atoms with Crippen molar-refractivity contribution in [2.75, 3.05) is 26.3 Å². The standard InChI is InChI=1S/C27H30Cl2N2O5/c28-20-9-19(10-21(29)11-20)27(34)31-14-22(32)15-35-16-25-24(31)6-5-23(36-25)12-26(33)30-8-7-17-3-1-2-4-18(17)13-30/h1-4,9-11,22-25,32H,5-8,12-16H2/t22-,23-,24-,25+/m0/s1. The van der Waals surface area contributed by atoms with Crippen LogP contribution in [0.15, 0.2) is 42.5 Å². The van der Waals surface area contributed by atoms with E-state index in [4.69, 9.17) is 32.7 Å². The lowest BCUT2D eigenvalue weighted by Gasteiger charge is -2.44. The first kappa shape index (κ1) is 25.5. The van der Waals surface area contributed by atoms with E-state index in [2.05, 4.69) is 12.1 Å². The van der Waals surface area contributed by atoms with Crippen LogP contribution in [0.3, 0.4) is 0 Å². The smallest absolute Gasteiger partial charge is 0.254 e. The second kappa shape index (κ2) is 11.1. The molecule has 0 radical (unpaired) electrons. The molecule has 2 saturated heterocycles. The Morgan fingerprint density at radius 1 is 1.03 bits per heavy atom. The van der Waals surface area contributed by atoms with E-state index in [1.54, 1.807) is 23.1 Å². The fourth-order valence-corrected chi connectivity index (χ4v) is 5.98. The largest absolute Gasteiger partial charge is 0.389 e. The summed E-state index contributed by atoms with van der Waals surface area (Å²) < 4.78 is 12.0. The third-order valence-corrected chi connectivity index (χ3v) is 7.67. The molecule has 3 aliphatic rings. The average Bonchev–Trinajstić information content (AvgIpc) is 2.85. The van der Waals surface area contributed by atoms with Crippen molar-refractivity contribution in [3.8, 4) is 0 Å². The molecule has 2 fully saturated rings. The zero-order valence-electron chi connectivity index (χ0n) is 19.9. The molecule has 192 valence electrons. The molecule has 0 aromatic heterocycles. The van der Waals surface area contributed by atoms with Crippen LogP contribution in [0.1, 0.15) is 40.7 Å². The predicted molar refractivity (Wildman–Crippen MR) is 136 cm³/mol. The summed E-state index contributed by atoms with van der Waals surface area (Å²) in [6, 6.07) is 12.7. The van der Waals surface area contributed by atoms with Crippen LogP contribution in [0.2, 0.25) is 10.0 Å². The van der Waals surface area contributed by atoms with Gasteiger partial charge in [0.25, 0.3) is 5.91 Å². The molecule has 3 aliphatic heterocycles. The highest BCUT2D eigenvalue weighted by Crippen LogP contribution is 2.30. The summed E-state index contributed by atoms with van der Waals surface area (Å²) in [4.78, 5) is 30.1. The minimum absolute atomic E-state index is 0.0802. The van der Waals surface area contributed by atoms with E-state index < -0.39 is 12.2 Å². The van der Waals surface area contributed by atoms with Crippen LogP contribution < -0.4 is 0 Å². The van der Waals surface area contributed by atoms with Crippen LogP contribution >= 0.6 is 23.2 Å². The maximum atomic E-state index is 13.5. The van der Waals surface area contributed by atoms with Gasteiger partial charge in [0.15, 0.2) is 0 Å². The van der Waals surface area contributed by atoms with Crippen molar-refractivity contribution in [2.45, 2.75) is 56.6 Å². The fourth-order valence-electron chi connectivity index (χ4n) is 5.45. The van der Waals surface area contributed by atoms with Gasteiger partial charge < -0.3 is 24.4 Å². The molecule has 5 rings (SSSR count). The van der Waals surface area contributed by atoms with Crippen LogP contribution in [0, 0.1) is 0 Å². The molecule has 0 bridgehead atoms. The van der Waals surface area contributed by atoms with Gasteiger partial charge in [-0.15, -0.1) is 0 Å². The molecular weight excluding hydrogens is 503 g/mol. The average molecular weight is 533 g/mol. The molecule has 0 saturated carbocycles. The fraction of sp³-hybridized carbons (Fsp3) is 0.481. The number of ether oxygens (including phenoxy) is 2. The van der Waals surface area contributed by atoms with Crippen molar-refractivity contribution in [2.24, 2.45) is 0 Å². The monoisotopic (exact) mass is 532 g/mol. The van der Waals surface area contributed by atoms with Gasteiger partial charge in [-0.05, 0) is 48.6 Å². The second-order valence-corrected chi connectivity index (χ2v) is 10.7. The first-order valence-corrected chi connectivity index (χ1v) is 13.2. The molecule has 1 N–H and O–H groups in total. The van der Waals surface area contributed by atoms with Crippen LogP contribution in [-0.4, -0.2) is 77.4 Å². The van der Waals surface area contributed by atoms with Gasteiger partial charge in [-0.3, -0.25) is 9.59 Å². The first-order valence-electron chi connectivity index (χ1n) is 12.4. The number of nitrogens with zero attached hydrogens (tertiary/aromatic N) is 2.